The van der Waals surface area contributed by atoms with Crippen LogP contribution in [0.5, 0.6) is 0 Å². The molecule has 3 nitrogen and oxygen atoms in total. The smallest absolute Gasteiger partial charge is 0.0848 e. The normalized spacial score (nSPS) is 14.2. The second kappa shape index (κ2) is 3.03. The fourth-order valence-electron chi connectivity index (χ4n) is 1.37. The zero-order valence-electron chi connectivity index (χ0n) is 6.95. The van der Waals surface area contributed by atoms with Crippen LogP contribution in [0.2, 0.25) is 0 Å². The van der Waals surface area contributed by atoms with Crippen LogP contribution in [0, 0.1) is 0 Å². The van der Waals surface area contributed by atoms with Gasteiger partial charge in [-0.25, -0.2) is 0 Å². The van der Waals surface area contributed by atoms with E-state index < -0.39 is 0 Å². The molecule has 0 radical (unpaired) electrons. The Kier molecular flexibility index (Phi) is 1.87. The molecule has 1 aromatic heterocycles. The van der Waals surface area contributed by atoms with Crippen LogP contribution in [0.1, 0.15) is 11.4 Å². The minimum atomic E-state index is 0.679. The average molecular weight is 162 g/mol. The Labute approximate surface area is 71.1 Å². The summed E-state index contributed by atoms with van der Waals surface area (Å²) in [6.07, 6.45) is 6.37. The molecular formula is C9H10N2O. The van der Waals surface area contributed by atoms with Crippen LogP contribution < -0.4 is 0 Å². The molecular weight excluding hydrogens is 152 g/mol. The number of ether oxygens (including phenoxy) is 1. The minimum absolute atomic E-state index is 0.679. The van der Waals surface area contributed by atoms with Gasteiger partial charge in [-0.1, -0.05) is 0 Å². The standard InChI is InChI=1S/C9H10N2O/c1-12-6-7-4-8-9(5-7)11-3-2-10-8/h2-4H,5-6H2,1H3. The summed E-state index contributed by atoms with van der Waals surface area (Å²) in [5, 5.41) is 0. The third kappa shape index (κ3) is 1.23. The van der Waals surface area contributed by atoms with Crippen molar-refractivity contribution in [2.24, 2.45) is 0 Å². The van der Waals surface area contributed by atoms with Crippen LogP contribution in [0.15, 0.2) is 18.0 Å². The first-order valence-corrected chi connectivity index (χ1v) is 3.88. The van der Waals surface area contributed by atoms with E-state index in [-0.39, 0.29) is 0 Å². The molecule has 0 bridgehead atoms. The van der Waals surface area contributed by atoms with E-state index >= 15 is 0 Å². The molecule has 1 heterocycles. The lowest BCUT2D eigenvalue weighted by Crippen LogP contribution is -1.95. The Morgan fingerprint density at radius 1 is 1.42 bits per heavy atom. The van der Waals surface area contributed by atoms with E-state index in [4.69, 9.17) is 4.74 Å². The zero-order valence-corrected chi connectivity index (χ0v) is 6.95. The highest BCUT2D eigenvalue weighted by Gasteiger charge is 2.13. The maximum absolute atomic E-state index is 5.03. The lowest BCUT2D eigenvalue weighted by molar-refractivity contribution is 0.225. The fraction of sp³-hybridized carbons (Fsp3) is 0.333. The quantitative estimate of drug-likeness (QED) is 0.652. The number of methoxy groups -OCH3 is 1. The molecule has 0 aromatic carbocycles. The number of hydrogen-bond donors (Lipinski definition) is 0. The topological polar surface area (TPSA) is 35.0 Å². The highest BCUT2D eigenvalue weighted by atomic mass is 16.5. The summed E-state index contributed by atoms with van der Waals surface area (Å²) in [7, 11) is 1.70. The van der Waals surface area contributed by atoms with Crippen LogP contribution in [0.3, 0.4) is 0 Å². The monoisotopic (exact) mass is 162 g/mol. The summed E-state index contributed by atoms with van der Waals surface area (Å²) in [4.78, 5) is 8.42. The number of aromatic nitrogens is 2. The highest BCUT2D eigenvalue weighted by Crippen LogP contribution is 2.20. The van der Waals surface area contributed by atoms with Crippen molar-refractivity contribution in [3.05, 3.63) is 29.4 Å². The van der Waals surface area contributed by atoms with Crippen molar-refractivity contribution in [2.45, 2.75) is 6.42 Å². The number of fused-ring (bicyclic) bond motifs is 1. The summed E-state index contributed by atoms with van der Waals surface area (Å²) >= 11 is 0. The van der Waals surface area contributed by atoms with Crippen LogP contribution in [0.4, 0.5) is 0 Å². The molecule has 62 valence electrons. The van der Waals surface area contributed by atoms with E-state index in [2.05, 4.69) is 9.97 Å². The first-order valence-electron chi connectivity index (χ1n) is 3.88. The van der Waals surface area contributed by atoms with Gasteiger partial charge in [0.2, 0.25) is 0 Å². The summed E-state index contributed by atoms with van der Waals surface area (Å²) in [6.45, 7) is 0.679. The predicted octanol–water partition coefficient (Wildman–Crippen LogP) is 1.06. The maximum Gasteiger partial charge on any atom is 0.0848 e. The van der Waals surface area contributed by atoms with Gasteiger partial charge in [0.25, 0.3) is 0 Å². The lowest BCUT2D eigenvalue weighted by atomic mass is 10.2. The Balaban J connectivity index is 2.23. The van der Waals surface area contributed by atoms with Crippen LogP contribution >= 0.6 is 0 Å². The third-order valence-corrected chi connectivity index (χ3v) is 1.87. The van der Waals surface area contributed by atoms with E-state index in [0.29, 0.717) is 6.61 Å². The van der Waals surface area contributed by atoms with Crippen molar-refractivity contribution in [1.82, 2.24) is 9.97 Å². The van der Waals surface area contributed by atoms with Crippen molar-refractivity contribution in [3.8, 4) is 0 Å². The Morgan fingerprint density at radius 3 is 3.00 bits per heavy atom. The van der Waals surface area contributed by atoms with Crippen molar-refractivity contribution >= 4 is 6.08 Å². The number of nitrogens with zero attached hydrogens (tertiary/aromatic N) is 2. The third-order valence-electron chi connectivity index (χ3n) is 1.87. The van der Waals surface area contributed by atoms with Crippen molar-refractivity contribution < 1.29 is 4.74 Å². The summed E-state index contributed by atoms with van der Waals surface area (Å²) in [6, 6.07) is 0. The van der Waals surface area contributed by atoms with E-state index in [0.717, 1.165) is 17.8 Å². The summed E-state index contributed by atoms with van der Waals surface area (Å²) in [5.41, 5.74) is 3.30. The molecule has 0 amide bonds. The SMILES string of the molecule is COCC1=Cc2nccnc2C1. The molecule has 0 N–H and O–H groups in total. The van der Waals surface area contributed by atoms with Crippen LogP contribution in [0.25, 0.3) is 6.08 Å². The average Bonchev–Trinajstić information content (AvgIpc) is 2.47. The maximum atomic E-state index is 5.03. The molecule has 1 aliphatic carbocycles. The van der Waals surface area contributed by atoms with Gasteiger partial charge in [0.15, 0.2) is 0 Å². The Hall–Kier alpha value is -1.22. The van der Waals surface area contributed by atoms with Gasteiger partial charge in [-0.15, -0.1) is 0 Å². The van der Waals surface area contributed by atoms with Gasteiger partial charge in [-0.2, -0.15) is 0 Å². The molecule has 3 heteroatoms. The summed E-state index contributed by atoms with van der Waals surface area (Å²) in [5.74, 6) is 0. The van der Waals surface area contributed by atoms with Crippen molar-refractivity contribution in [3.63, 3.8) is 0 Å². The second-order valence-corrected chi connectivity index (χ2v) is 2.80. The molecule has 0 saturated heterocycles. The Bertz CT molecular complexity index is 320. The van der Waals surface area contributed by atoms with Gasteiger partial charge >= 0.3 is 0 Å². The van der Waals surface area contributed by atoms with E-state index in [9.17, 15) is 0 Å². The number of rotatable bonds is 2. The van der Waals surface area contributed by atoms with Gasteiger partial charge in [-0.05, 0) is 11.6 Å². The van der Waals surface area contributed by atoms with Gasteiger partial charge in [-0.3, -0.25) is 9.97 Å². The molecule has 0 saturated carbocycles. The number of hydrogen-bond acceptors (Lipinski definition) is 3. The van der Waals surface area contributed by atoms with Crippen LogP contribution in [-0.2, 0) is 11.2 Å². The first-order chi connectivity index (χ1) is 5.90. The molecule has 12 heavy (non-hydrogen) atoms. The summed E-state index contributed by atoms with van der Waals surface area (Å²) < 4.78 is 5.03. The van der Waals surface area contributed by atoms with Gasteiger partial charge in [0.05, 0.1) is 18.0 Å². The molecule has 1 aliphatic rings. The molecule has 1 aromatic rings. The first kappa shape index (κ1) is 7.43. The van der Waals surface area contributed by atoms with Crippen molar-refractivity contribution in [2.75, 3.05) is 13.7 Å². The zero-order chi connectivity index (χ0) is 8.39. The molecule has 0 fully saturated rings. The largest absolute Gasteiger partial charge is 0.380 e. The lowest BCUT2D eigenvalue weighted by Gasteiger charge is -1.97. The van der Waals surface area contributed by atoms with E-state index in [1.165, 1.54) is 5.57 Å². The second-order valence-electron chi connectivity index (χ2n) is 2.80. The fourth-order valence-corrected chi connectivity index (χ4v) is 1.37. The van der Waals surface area contributed by atoms with Gasteiger partial charge in [0, 0.05) is 25.9 Å². The Morgan fingerprint density at radius 2 is 2.25 bits per heavy atom. The highest BCUT2D eigenvalue weighted by molar-refractivity contribution is 5.58. The van der Waals surface area contributed by atoms with Gasteiger partial charge in [0.1, 0.15) is 0 Å². The molecule has 0 atom stereocenters. The van der Waals surface area contributed by atoms with E-state index in [1.54, 1.807) is 19.5 Å². The molecule has 0 spiro atoms. The predicted molar refractivity (Wildman–Crippen MR) is 45.6 cm³/mol. The molecule has 2 rings (SSSR count). The van der Waals surface area contributed by atoms with Crippen molar-refractivity contribution in [1.29, 1.82) is 0 Å². The van der Waals surface area contributed by atoms with E-state index in [1.807, 2.05) is 6.08 Å². The molecule has 0 aliphatic heterocycles. The van der Waals surface area contributed by atoms with Crippen LogP contribution in [-0.4, -0.2) is 23.7 Å². The van der Waals surface area contributed by atoms with Gasteiger partial charge < -0.3 is 4.74 Å². The molecule has 0 unspecified atom stereocenters. The minimum Gasteiger partial charge on any atom is -0.380 e.